The van der Waals surface area contributed by atoms with Gasteiger partial charge in [-0.15, -0.1) is 10.2 Å². The molecule has 5 rings (SSSR count). The molecule has 5 aromatic rings. The average Bonchev–Trinajstić information content (AvgIpc) is 3.42. The summed E-state index contributed by atoms with van der Waals surface area (Å²) in [6, 6.07) is 18.6. The fourth-order valence-corrected chi connectivity index (χ4v) is 4.02. The third kappa shape index (κ3) is 6.52. The molecule has 2 heterocycles. The molecule has 196 valence electrons. The van der Waals surface area contributed by atoms with E-state index in [4.69, 9.17) is 49.2 Å². The Morgan fingerprint density at radius 1 is 0.974 bits per heavy atom. The molecule has 0 radical (unpaired) electrons. The lowest BCUT2D eigenvalue weighted by Gasteiger charge is -2.11. The van der Waals surface area contributed by atoms with E-state index < -0.39 is 5.82 Å². The van der Waals surface area contributed by atoms with Crippen molar-refractivity contribution in [1.29, 1.82) is 5.26 Å². The Balaban J connectivity index is 0.00000172. The molecular weight excluding hydrogens is 564 g/mol. The van der Waals surface area contributed by atoms with Crippen molar-refractivity contribution < 1.29 is 13.5 Å². The Kier molecular flexibility index (Phi) is 9.10. The second kappa shape index (κ2) is 12.7. The van der Waals surface area contributed by atoms with E-state index in [2.05, 4.69) is 20.2 Å². The molecule has 0 amide bonds. The van der Waals surface area contributed by atoms with Gasteiger partial charge in [-0.25, -0.2) is 14.4 Å². The van der Waals surface area contributed by atoms with Crippen molar-refractivity contribution in [2.45, 2.75) is 20.3 Å². The molecule has 0 saturated heterocycles. The molecule has 39 heavy (non-hydrogen) atoms. The summed E-state index contributed by atoms with van der Waals surface area (Å²) in [6.07, 6.45) is 1.39. The van der Waals surface area contributed by atoms with E-state index in [1.807, 2.05) is 50.2 Å². The van der Waals surface area contributed by atoms with E-state index >= 15 is 4.39 Å². The zero-order valence-corrected chi connectivity index (χ0v) is 22.9. The summed E-state index contributed by atoms with van der Waals surface area (Å²) >= 11 is 18.5. The van der Waals surface area contributed by atoms with Gasteiger partial charge in [0, 0.05) is 16.1 Å². The van der Waals surface area contributed by atoms with Gasteiger partial charge in [-0.2, -0.15) is 5.26 Å². The maximum Gasteiger partial charge on any atom is 0.267 e. The standard InChI is InChI=1S/C26H13Cl3FN5O2.C2H6/c27-17-8-14(12-31)9-18(11-17)36-24-19(28)7-6-16(22(24)30)10-21-34-35-26(37-21)23-20(29)13-32-25(33-23)15-4-2-1-3-5-15;1-2/h1-9,11,13H,10H2;1-2H3. The second-order valence-corrected chi connectivity index (χ2v) is 8.92. The first-order chi connectivity index (χ1) is 18.9. The number of ether oxygens (including phenoxy) is 1. The van der Waals surface area contributed by atoms with Crippen molar-refractivity contribution >= 4 is 34.8 Å². The lowest BCUT2D eigenvalue weighted by molar-refractivity contribution is 0.437. The monoisotopic (exact) mass is 581 g/mol. The van der Waals surface area contributed by atoms with Crippen LogP contribution in [0.2, 0.25) is 15.1 Å². The molecule has 0 spiro atoms. The molecular formula is C28H19Cl3FN5O2. The van der Waals surface area contributed by atoms with Crippen LogP contribution < -0.4 is 4.74 Å². The van der Waals surface area contributed by atoms with Gasteiger partial charge in [0.25, 0.3) is 5.89 Å². The number of rotatable bonds is 6. The van der Waals surface area contributed by atoms with E-state index in [1.54, 1.807) is 0 Å². The minimum atomic E-state index is -0.725. The molecule has 0 aliphatic rings. The van der Waals surface area contributed by atoms with Crippen LogP contribution >= 0.6 is 34.8 Å². The minimum Gasteiger partial charge on any atom is -0.453 e. The molecule has 0 saturated carbocycles. The zero-order valence-electron chi connectivity index (χ0n) is 20.6. The van der Waals surface area contributed by atoms with Crippen LogP contribution in [0, 0.1) is 17.1 Å². The molecule has 0 aliphatic heterocycles. The van der Waals surface area contributed by atoms with Crippen molar-refractivity contribution in [2.24, 2.45) is 0 Å². The van der Waals surface area contributed by atoms with E-state index in [9.17, 15) is 0 Å². The highest BCUT2D eigenvalue weighted by Gasteiger charge is 2.20. The number of nitrogens with zero attached hydrogens (tertiary/aromatic N) is 5. The van der Waals surface area contributed by atoms with Gasteiger partial charge in [-0.1, -0.05) is 85.0 Å². The third-order valence-electron chi connectivity index (χ3n) is 5.14. The van der Waals surface area contributed by atoms with Crippen molar-refractivity contribution in [3.8, 4) is 40.5 Å². The molecule has 0 fully saturated rings. The van der Waals surface area contributed by atoms with E-state index in [-0.39, 0.29) is 61.6 Å². The van der Waals surface area contributed by atoms with Gasteiger partial charge >= 0.3 is 0 Å². The van der Waals surface area contributed by atoms with Crippen LogP contribution in [0.25, 0.3) is 23.0 Å². The molecule has 0 atom stereocenters. The Labute approximate surface area is 238 Å². The average molecular weight is 583 g/mol. The van der Waals surface area contributed by atoms with E-state index in [1.165, 1.54) is 36.5 Å². The molecule has 3 aromatic carbocycles. The Morgan fingerprint density at radius 3 is 2.49 bits per heavy atom. The lowest BCUT2D eigenvalue weighted by atomic mass is 10.1. The van der Waals surface area contributed by atoms with Crippen LogP contribution in [0.5, 0.6) is 11.5 Å². The second-order valence-electron chi connectivity index (χ2n) is 7.67. The van der Waals surface area contributed by atoms with Crippen molar-refractivity contribution in [3.05, 3.63) is 105 Å². The van der Waals surface area contributed by atoms with Gasteiger partial charge in [-0.3, -0.25) is 0 Å². The Hall–Kier alpha value is -4.03. The largest absolute Gasteiger partial charge is 0.453 e. The predicted molar refractivity (Wildman–Crippen MR) is 148 cm³/mol. The summed E-state index contributed by atoms with van der Waals surface area (Å²) in [5, 5.41) is 17.7. The predicted octanol–water partition coefficient (Wildman–Crippen LogP) is 8.57. The van der Waals surface area contributed by atoms with Crippen LogP contribution in [0.3, 0.4) is 0 Å². The fourth-order valence-electron chi connectivity index (χ4n) is 3.43. The first-order valence-electron chi connectivity index (χ1n) is 11.7. The van der Waals surface area contributed by atoms with Crippen LogP contribution in [-0.4, -0.2) is 20.2 Å². The summed E-state index contributed by atoms with van der Waals surface area (Å²) in [4.78, 5) is 8.71. The SMILES string of the molecule is CC.N#Cc1cc(Cl)cc(Oc2c(Cl)ccc(Cc3nnc(-c4nc(-c5ccccc5)ncc4Cl)o3)c2F)c1. The number of nitriles is 1. The van der Waals surface area contributed by atoms with Gasteiger partial charge in [-0.05, 0) is 24.3 Å². The van der Waals surface area contributed by atoms with Gasteiger partial charge in [0.05, 0.1) is 34.3 Å². The Bertz CT molecular complexity index is 1660. The molecule has 0 aliphatic carbocycles. The minimum absolute atomic E-state index is 0.0344. The molecule has 11 heteroatoms. The summed E-state index contributed by atoms with van der Waals surface area (Å²) < 4.78 is 26.8. The van der Waals surface area contributed by atoms with Crippen molar-refractivity contribution in [1.82, 2.24) is 20.2 Å². The highest BCUT2D eigenvalue weighted by Crippen LogP contribution is 2.36. The van der Waals surface area contributed by atoms with Crippen LogP contribution in [0.1, 0.15) is 30.9 Å². The fraction of sp³-hybridized carbons (Fsp3) is 0.107. The summed E-state index contributed by atoms with van der Waals surface area (Å²) in [5.41, 5.74) is 1.49. The van der Waals surface area contributed by atoms with Gasteiger partial charge in [0.2, 0.25) is 5.89 Å². The van der Waals surface area contributed by atoms with Crippen LogP contribution in [0.15, 0.2) is 71.3 Å². The lowest BCUT2D eigenvalue weighted by Crippen LogP contribution is -1.98. The van der Waals surface area contributed by atoms with Gasteiger partial charge < -0.3 is 9.15 Å². The topological polar surface area (TPSA) is 97.7 Å². The quantitative estimate of drug-likeness (QED) is 0.198. The van der Waals surface area contributed by atoms with Crippen molar-refractivity contribution in [2.75, 3.05) is 0 Å². The molecule has 7 nitrogen and oxygen atoms in total. The van der Waals surface area contributed by atoms with Crippen LogP contribution in [-0.2, 0) is 6.42 Å². The highest BCUT2D eigenvalue weighted by atomic mass is 35.5. The maximum absolute atomic E-state index is 15.4. The summed E-state index contributed by atoms with van der Waals surface area (Å²) in [6.45, 7) is 4.00. The van der Waals surface area contributed by atoms with Crippen molar-refractivity contribution in [3.63, 3.8) is 0 Å². The Morgan fingerprint density at radius 2 is 1.74 bits per heavy atom. The third-order valence-corrected chi connectivity index (χ3v) is 5.93. The normalized spacial score (nSPS) is 10.4. The van der Waals surface area contributed by atoms with E-state index in [0.29, 0.717) is 5.82 Å². The van der Waals surface area contributed by atoms with Gasteiger partial charge in [0.15, 0.2) is 17.4 Å². The number of benzene rings is 3. The number of aromatic nitrogens is 4. The number of hydrogen-bond acceptors (Lipinski definition) is 7. The molecule has 0 N–H and O–H groups in total. The molecule has 0 unspecified atom stereocenters. The van der Waals surface area contributed by atoms with Crippen LogP contribution in [0.4, 0.5) is 4.39 Å². The number of halogens is 4. The van der Waals surface area contributed by atoms with E-state index in [0.717, 1.165) is 5.56 Å². The number of hydrogen-bond donors (Lipinski definition) is 0. The smallest absolute Gasteiger partial charge is 0.267 e. The highest BCUT2D eigenvalue weighted by molar-refractivity contribution is 6.33. The maximum atomic E-state index is 15.4. The molecule has 0 bridgehead atoms. The summed E-state index contributed by atoms with van der Waals surface area (Å²) in [5.74, 6) is -0.171. The zero-order chi connectivity index (χ0) is 27.9. The first-order valence-corrected chi connectivity index (χ1v) is 12.8. The van der Waals surface area contributed by atoms with Gasteiger partial charge in [0.1, 0.15) is 11.4 Å². The summed E-state index contributed by atoms with van der Waals surface area (Å²) in [7, 11) is 0. The molecule has 2 aromatic heterocycles. The first kappa shape index (κ1) is 28.0.